The summed E-state index contributed by atoms with van der Waals surface area (Å²) in [7, 11) is 0. The van der Waals surface area contributed by atoms with Gasteiger partial charge in [-0.2, -0.15) is 10.4 Å². The van der Waals surface area contributed by atoms with Gasteiger partial charge in [0.25, 0.3) is 0 Å². The molecular weight excluding hydrogens is 480 g/mol. The number of pyridine rings is 2. The molecule has 3 aromatic heterocycles. The smallest absolute Gasteiger partial charge is 0.177 e. The summed E-state index contributed by atoms with van der Waals surface area (Å²) < 4.78 is 20.4. The Balaban J connectivity index is 1.44. The van der Waals surface area contributed by atoms with Gasteiger partial charge in [0.1, 0.15) is 11.5 Å². The molecule has 0 bridgehead atoms. The summed E-state index contributed by atoms with van der Waals surface area (Å²) in [6.07, 6.45) is 4.83. The lowest BCUT2D eigenvalue weighted by molar-refractivity contribution is 0.205. The first-order valence-corrected chi connectivity index (χ1v) is 11.2. The normalized spacial score (nSPS) is 16.2. The molecular formula is C23H18Cl2FN7O. The van der Waals surface area contributed by atoms with Crippen LogP contribution in [0.25, 0.3) is 22.2 Å². The van der Waals surface area contributed by atoms with Crippen molar-refractivity contribution in [3.63, 3.8) is 0 Å². The Bertz CT molecular complexity index is 1380. The number of hydrogen-bond acceptors (Lipinski definition) is 7. The second-order valence-electron chi connectivity index (χ2n) is 7.86. The highest BCUT2D eigenvalue weighted by atomic mass is 35.5. The van der Waals surface area contributed by atoms with E-state index >= 15 is 0 Å². The highest BCUT2D eigenvalue weighted by molar-refractivity contribution is 6.35. The minimum atomic E-state index is -1.11. The van der Waals surface area contributed by atoms with E-state index in [9.17, 15) is 4.39 Å². The number of halogens is 3. The number of rotatable bonds is 6. The van der Waals surface area contributed by atoms with E-state index in [1.807, 2.05) is 12.1 Å². The van der Waals surface area contributed by atoms with Crippen molar-refractivity contribution in [1.82, 2.24) is 20.2 Å². The van der Waals surface area contributed by atoms with Gasteiger partial charge in [-0.15, -0.1) is 0 Å². The number of anilines is 1. The topological polar surface area (TPSA) is 117 Å². The number of benzene rings is 1. The Kier molecular flexibility index (Phi) is 5.96. The Labute approximate surface area is 204 Å². The Morgan fingerprint density at radius 2 is 2.06 bits per heavy atom. The van der Waals surface area contributed by atoms with Crippen LogP contribution in [-0.2, 0) is 0 Å². The summed E-state index contributed by atoms with van der Waals surface area (Å²) in [5.41, 5.74) is 8.26. The van der Waals surface area contributed by atoms with Crippen LogP contribution in [0.1, 0.15) is 24.6 Å². The third kappa shape index (κ3) is 4.01. The maximum absolute atomic E-state index is 14.7. The van der Waals surface area contributed by atoms with Gasteiger partial charge in [0, 0.05) is 53.8 Å². The van der Waals surface area contributed by atoms with E-state index in [0.29, 0.717) is 28.6 Å². The fourth-order valence-electron chi connectivity index (χ4n) is 3.97. The summed E-state index contributed by atoms with van der Waals surface area (Å²) in [4.78, 5) is 10.5. The van der Waals surface area contributed by atoms with Crippen LogP contribution in [-0.4, -0.2) is 32.8 Å². The van der Waals surface area contributed by atoms with E-state index < -0.39 is 12.0 Å². The maximum Gasteiger partial charge on any atom is 0.177 e. The molecule has 3 N–H and O–H groups in total. The number of hydrogen-bond donors (Lipinski definition) is 2. The van der Waals surface area contributed by atoms with Crippen LogP contribution in [0, 0.1) is 17.1 Å². The van der Waals surface area contributed by atoms with Crippen molar-refractivity contribution in [1.29, 1.82) is 5.26 Å². The van der Waals surface area contributed by atoms with E-state index in [2.05, 4.69) is 31.1 Å². The Hall–Kier alpha value is -3.45. The van der Waals surface area contributed by atoms with E-state index in [-0.39, 0.29) is 21.8 Å². The molecule has 1 aromatic carbocycles. The molecule has 172 valence electrons. The quantitative estimate of drug-likeness (QED) is 0.360. The standard InChI is InChI=1S/C23H18Cl2FN7O/c24-15-10-29-11-16(25)21(15)23(28)34-19-7-14-18(8-17(19)26)31-32-22(14)12-1-2-20(30-9-12)33-6-4-13(33)3-5-27/h1-2,7-11,13,23H,3-4,6,28H2,(H,31,32)/t13-,23-/m0/s1. The summed E-state index contributed by atoms with van der Waals surface area (Å²) in [5, 5.41) is 17.2. The SMILES string of the molecule is N#CC[C@H]1CCN1c1ccc(-c2n[nH]c3cc(F)c(O[C@H](N)c4c(Cl)cncc4Cl)cc23)cn1. The van der Waals surface area contributed by atoms with Crippen molar-refractivity contribution in [3.8, 4) is 23.1 Å². The molecule has 0 unspecified atom stereocenters. The zero-order valence-corrected chi connectivity index (χ0v) is 19.2. The molecule has 34 heavy (non-hydrogen) atoms. The number of nitriles is 1. The predicted octanol–water partition coefficient (Wildman–Crippen LogP) is 4.99. The van der Waals surface area contributed by atoms with Gasteiger partial charge in [-0.05, 0) is 24.6 Å². The van der Waals surface area contributed by atoms with Crippen molar-refractivity contribution in [3.05, 3.63) is 64.3 Å². The third-order valence-corrected chi connectivity index (χ3v) is 6.43. The van der Waals surface area contributed by atoms with E-state index in [0.717, 1.165) is 24.3 Å². The summed E-state index contributed by atoms with van der Waals surface area (Å²) in [6, 6.07) is 9.01. The molecule has 4 heterocycles. The van der Waals surface area contributed by atoms with Crippen LogP contribution in [0.3, 0.4) is 0 Å². The fourth-order valence-corrected chi connectivity index (χ4v) is 4.55. The molecule has 1 aliphatic rings. The minimum Gasteiger partial charge on any atom is -0.468 e. The van der Waals surface area contributed by atoms with Gasteiger partial charge < -0.3 is 9.64 Å². The molecule has 0 aliphatic carbocycles. The second kappa shape index (κ2) is 9.06. The molecule has 1 fully saturated rings. The number of aromatic amines is 1. The van der Waals surface area contributed by atoms with Crippen molar-refractivity contribution in [2.75, 3.05) is 11.4 Å². The monoisotopic (exact) mass is 497 g/mol. The van der Waals surface area contributed by atoms with Crippen LogP contribution in [0.2, 0.25) is 10.0 Å². The molecule has 2 atom stereocenters. The van der Waals surface area contributed by atoms with Crippen molar-refractivity contribution >= 4 is 39.9 Å². The fraction of sp³-hybridized carbons (Fsp3) is 0.217. The van der Waals surface area contributed by atoms with Crippen LogP contribution in [0.4, 0.5) is 10.2 Å². The Morgan fingerprint density at radius 1 is 1.26 bits per heavy atom. The predicted molar refractivity (Wildman–Crippen MR) is 127 cm³/mol. The molecule has 1 aliphatic heterocycles. The van der Waals surface area contributed by atoms with Gasteiger partial charge in [0.05, 0.1) is 28.1 Å². The van der Waals surface area contributed by atoms with Crippen molar-refractivity contribution in [2.24, 2.45) is 5.73 Å². The van der Waals surface area contributed by atoms with Crippen molar-refractivity contribution in [2.45, 2.75) is 25.1 Å². The average molecular weight is 498 g/mol. The summed E-state index contributed by atoms with van der Waals surface area (Å²) in [6.45, 7) is 0.871. The lowest BCUT2D eigenvalue weighted by Gasteiger charge is -2.40. The number of ether oxygens (including phenoxy) is 1. The molecule has 0 spiro atoms. The van der Waals surface area contributed by atoms with Gasteiger partial charge >= 0.3 is 0 Å². The lowest BCUT2D eigenvalue weighted by Crippen LogP contribution is -2.48. The number of nitrogens with two attached hydrogens (primary N) is 1. The van der Waals surface area contributed by atoms with Gasteiger partial charge in [-0.25, -0.2) is 9.37 Å². The molecule has 1 saturated heterocycles. The first-order valence-electron chi connectivity index (χ1n) is 10.4. The van der Waals surface area contributed by atoms with Gasteiger partial charge in [0.2, 0.25) is 0 Å². The zero-order chi connectivity index (χ0) is 23.8. The number of fused-ring (bicyclic) bond motifs is 1. The number of H-pyrrole nitrogens is 1. The maximum atomic E-state index is 14.7. The molecule has 0 radical (unpaired) electrons. The number of aromatic nitrogens is 4. The lowest BCUT2D eigenvalue weighted by atomic mass is 10.0. The van der Waals surface area contributed by atoms with Crippen LogP contribution >= 0.6 is 23.2 Å². The summed E-state index contributed by atoms with van der Waals surface area (Å²) in [5.74, 6) is 0.118. The minimum absolute atomic E-state index is 0.0731. The van der Waals surface area contributed by atoms with Crippen LogP contribution < -0.4 is 15.4 Å². The van der Waals surface area contributed by atoms with Crippen LogP contribution in [0.15, 0.2) is 42.9 Å². The van der Waals surface area contributed by atoms with Gasteiger partial charge in [-0.1, -0.05) is 23.2 Å². The van der Waals surface area contributed by atoms with E-state index in [1.54, 1.807) is 6.20 Å². The Morgan fingerprint density at radius 3 is 2.71 bits per heavy atom. The van der Waals surface area contributed by atoms with Gasteiger partial charge in [0.15, 0.2) is 17.8 Å². The zero-order valence-electron chi connectivity index (χ0n) is 17.7. The number of nitrogens with one attached hydrogen (secondary N) is 1. The highest BCUT2D eigenvalue weighted by Gasteiger charge is 2.28. The van der Waals surface area contributed by atoms with Crippen LogP contribution in [0.5, 0.6) is 5.75 Å². The van der Waals surface area contributed by atoms with E-state index in [4.69, 9.17) is 38.9 Å². The highest BCUT2D eigenvalue weighted by Crippen LogP contribution is 2.35. The first kappa shape index (κ1) is 22.3. The third-order valence-electron chi connectivity index (χ3n) is 5.83. The molecule has 0 saturated carbocycles. The van der Waals surface area contributed by atoms with E-state index in [1.165, 1.54) is 24.5 Å². The second-order valence-corrected chi connectivity index (χ2v) is 8.67. The molecule has 0 amide bonds. The molecule has 4 aromatic rings. The number of nitrogens with zero attached hydrogens (tertiary/aromatic N) is 5. The molecule has 8 nitrogen and oxygen atoms in total. The average Bonchev–Trinajstić information content (AvgIpc) is 3.20. The molecule has 11 heteroatoms. The first-order chi connectivity index (χ1) is 16.5. The molecule has 5 rings (SSSR count). The van der Waals surface area contributed by atoms with Crippen molar-refractivity contribution < 1.29 is 9.13 Å². The summed E-state index contributed by atoms with van der Waals surface area (Å²) >= 11 is 12.3. The van der Waals surface area contributed by atoms with Gasteiger partial charge in [-0.3, -0.25) is 15.8 Å². The largest absolute Gasteiger partial charge is 0.468 e.